The molecule has 1 N–H and O–H groups in total. The minimum atomic E-state index is -4.70. The summed E-state index contributed by atoms with van der Waals surface area (Å²) in [5.41, 5.74) is -2.85. The number of carbonyl (C=O) groups excluding carboxylic acids is 1. The predicted molar refractivity (Wildman–Crippen MR) is 98.8 cm³/mol. The third kappa shape index (κ3) is 5.08. The average Bonchev–Trinajstić information content (AvgIpc) is 2.67. The Morgan fingerprint density at radius 1 is 1.13 bits per heavy atom. The number of aryl methyl sites for hydroxylation is 1. The van der Waals surface area contributed by atoms with Gasteiger partial charge < -0.3 is 5.32 Å². The van der Waals surface area contributed by atoms with Crippen molar-refractivity contribution in [2.24, 2.45) is 5.92 Å². The Labute approximate surface area is 173 Å². The van der Waals surface area contributed by atoms with E-state index in [2.05, 4.69) is 10.4 Å². The van der Waals surface area contributed by atoms with Crippen molar-refractivity contribution >= 4 is 5.91 Å². The largest absolute Gasteiger partial charge is 0.418 e. The normalized spacial score (nSPS) is 19.8. The second-order valence-electron chi connectivity index (χ2n) is 7.50. The summed E-state index contributed by atoms with van der Waals surface area (Å²) in [5.74, 6) is -2.58. The number of nitrogens with zero attached hydrogens (tertiary/aromatic N) is 2. The average molecular weight is 447 g/mol. The van der Waals surface area contributed by atoms with E-state index in [-0.39, 0.29) is 30.6 Å². The van der Waals surface area contributed by atoms with Gasteiger partial charge in [-0.1, -0.05) is 18.6 Å². The van der Waals surface area contributed by atoms with Crippen LogP contribution < -0.4 is 10.7 Å². The Bertz CT molecular complexity index is 1030. The lowest BCUT2D eigenvalue weighted by Gasteiger charge is -2.30. The van der Waals surface area contributed by atoms with E-state index in [9.17, 15) is 35.9 Å². The highest BCUT2D eigenvalue weighted by Crippen LogP contribution is 2.37. The number of aromatic nitrogens is 2. The molecule has 1 heterocycles. The second kappa shape index (κ2) is 8.35. The molecule has 5 nitrogen and oxygen atoms in total. The number of hydrogen-bond acceptors (Lipinski definition) is 3. The Morgan fingerprint density at radius 2 is 1.81 bits per heavy atom. The van der Waals surface area contributed by atoms with Gasteiger partial charge in [0.25, 0.3) is 5.91 Å². The van der Waals surface area contributed by atoms with Crippen molar-refractivity contribution in [2.45, 2.75) is 51.0 Å². The van der Waals surface area contributed by atoms with Crippen LogP contribution >= 0.6 is 0 Å². The van der Waals surface area contributed by atoms with Gasteiger partial charge in [0.1, 0.15) is 0 Å². The molecule has 2 aromatic rings. The lowest BCUT2D eigenvalue weighted by Crippen LogP contribution is -2.43. The molecule has 1 aromatic carbocycles. The molecule has 0 bridgehead atoms. The number of hydrogen-bond donors (Lipinski definition) is 1. The van der Waals surface area contributed by atoms with Gasteiger partial charge in [-0.25, -0.2) is 4.68 Å². The van der Waals surface area contributed by atoms with Crippen molar-refractivity contribution < 1.29 is 31.1 Å². The van der Waals surface area contributed by atoms with Crippen molar-refractivity contribution in [3.8, 4) is 5.69 Å². The fraction of sp³-hybridized carbons (Fsp3) is 0.450. The van der Waals surface area contributed by atoms with E-state index in [1.165, 1.54) is 19.1 Å². The van der Waals surface area contributed by atoms with Crippen molar-refractivity contribution in [1.29, 1.82) is 0 Å². The van der Waals surface area contributed by atoms with Crippen molar-refractivity contribution in [1.82, 2.24) is 15.1 Å². The zero-order chi connectivity index (χ0) is 23.0. The molecular formula is C20H19F6N3O2. The van der Waals surface area contributed by atoms with Crippen LogP contribution in [0.1, 0.15) is 47.4 Å². The van der Waals surface area contributed by atoms with Crippen LogP contribution in [0.3, 0.4) is 0 Å². The smallest absolute Gasteiger partial charge is 0.348 e. The molecule has 2 atom stereocenters. The fourth-order valence-electron chi connectivity index (χ4n) is 3.72. The highest BCUT2D eigenvalue weighted by molar-refractivity contribution is 5.92. The molecule has 1 aliphatic carbocycles. The molecule has 1 fully saturated rings. The molecule has 0 aliphatic heterocycles. The summed E-state index contributed by atoms with van der Waals surface area (Å²) in [6.45, 7) is 1.36. The SMILES string of the molecule is Cc1cc(=O)c(C(=O)NC2CCCC(C(F)(F)F)C2)nn1-c1ccccc1C(F)(F)F. The maximum atomic E-state index is 13.4. The highest BCUT2D eigenvalue weighted by atomic mass is 19.4. The number of benzene rings is 1. The number of nitrogens with one attached hydrogen (secondary N) is 1. The van der Waals surface area contributed by atoms with Crippen molar-refractivity contribution in [3.63, 3.8) is 0 Å². The molecule has 1 saturated carbocycles. The number of amides is 1. The number of carbonyl (C=O) groups is 1. The monoisotopic (exact) mass is 447 g/mol. The molecule has 31 heavy (non-hydrogen) atoms. The van der Waals surface area contributed by atoms with Gasteiger partial charge in [0.2, 0.25) is 5.43 Å². The summed E-state index contributed by atoms with van der Waals surface area (Å²) < 4.78 is 79.9. The van der Waals surface area contributed by atoms with Crippen molar-refractivity contribution in [3.05, 3.63) is 57.5 Å². The Balaban J connectivity index is 1.92. The third-order valence-electron chi connectivity index (χ3n) is 5.23. The van der Waals surface area contributed by atoms with E-state index in [1.54, 1.807) is 0 Å². The Kier molecular flexibility index (Phi) is 6.15. The molecule has 0 saturated heterocycles. The molecule has 11 heteroatoms. The quantitative estimate of drug-likeness (QED) is 0.709. The van der Waals surface area contributed by atoms with Crippen LogP contribution in [-0.2, 0) is 6.18 Å². The molecule has 0 radical (unpaired) electrons. The van der Waals surface area contributed by atoms with Crippen LogP contribution in [0.5, 0.6) is 0 Å². The van der Waals surface area contributed by atoms with E-state index >= 15 is 0 Å². The van der Waals surface area contributed by atoms with Crippen molar-refractivity contribution in [2.75, 3.05) is 0 Å². The molecule has 168 valence electrons. The number of rotatable bonds is 3. The van der Waals surface area contributed by atoms with Gasteiger partial charge >= 0.3 is 12.4 Å². The summed E-state index contributed by atoms with van der Waals surface area (Å²) >= 11 is 0. The molecule has 2 unspecified atom stereocenters. The summed E-state index contributed by atoms with van der Waals surface area (Å²) in [6, 6.07) is 4.68. The van der Waals surface area contributed by atoms with Gasteiger partial charge in [0, 0.05) is 17.8 Å². The van der Waals surface area contributed by atoms with Gasteiger partial charge in [-0.05, 0) is 38.3 Å². The second-order valence-corrected chi connectivity index (χ2v) is 7.50. The number of alkyl halides is 6. The summed E-state index contributed by atoms with van der Waals surface area (Å²) in [5, 5.41) is 6.20. The van der Waals surface area contributed by atoms with Crippen LogP contribution in [0.15, 0.2) is 35.1 Å². The van der Waals surface area contributed by atoms with Crippen LogP contribution in [0.2, 0.25) is 0 Å². The minimum absolute atomic E-state index is 0.0420. The Hall–Kier alpha value is -2.85. The van der Waals surface area contributed by atoms with E-state index < -0.39 is 46.9 Å². The molecule has 1 aliphatic rings. The molecule has 0 spiro atoms. The molecule has 1 amide bonds. The zero-order valence-electron chi connectivity index (χ0n) is 16.3. The standard InChI is InChI=1S/C20H19F6N3O2/c1-11-9-16(30)17(18(31)27-13-6-4-5-12(10-13)19(21,22)23)28-29(11)15-8-3-2-7-14(15)20(24,25)26/h2-3,7-9,12-13H,4-6,10H2,1H3,(H,27,31). The maximum Gasteiger partial charge on any atom is 0.418 e. The van der Waals surface area contributed by atoms with E-state index in [0.717, 1.165) is 22.9 Å². The van der Waals surface area contributed by atoms with Gasteiger partial charge in [-0.2, -0.15) is 31.4 Å². The minimum Gasteiger partial charge on any atom is -0.348 e. The van der Waals surface area contributed by atoms with E-state index in [1.807, 2.05) is 0 Å². The fourth-order valence-corrected chi connectivity index (χ4v) is 3.72. The predicted octanol–water partition coefficient (Wildman–Crippen LogP) is 4.41. The zero-order valence-corrected chi connectivity index (χ0v) is 16.3. The van der Waals surface area contributed by atoms with Crippen LogP contribution in [0.4, 0.5) is 26.3 Å². The van der Waals surface area contributed by atoms with Gasteiger partial charge in [0.05, 0.1) is 17.2 Å². The third-order valence-corrected chi connectivity index (χ3v) is 5.23. The van der Waals surface area contributed by atoms with Gasteiger partial charge in [-0.3, -0.25) is 9.59 Å². The van der Waals surface area contributed by atoms with Crippen LogP contribution in [0, 0.1) is 12.8 Å². The van der Waals surface area contributed by atoms with Gasteiger partial charge in [0.15, 0.2) is 5.69 Å². The number of halogens is 6. The molecule has 1 aromatic heterocycles. The topological polar surface area (TPSA) is 64.0 Å². The van der Waals surface area contributed by atoms with E-state index in [4.69, 9.17) is 0 Å². The first kappa shape index (κ1) is 22.8. The Morgan fingerprint density at radius 3 is 2.45 bits per heavy atom. The molecular weight excluding hydrogens is 428 g/mol. The van der Waals surface area contributed by atoms with Crippen LogP contribution in [0.25, 0.3) is 5.69 Å². The molecule has 3 rings (SSSR count). The first-order chi connectivity index (χ1) is 14.4. The summed E-state index contributed by atoms with van der Waals surface area (Å²) in [6.07, 6.45) is -8.91. The highest BCUT2D eigenvalue weighted by Gasteiger charge is 2.42. The van der Waals surface area contributed by atoms with Gasteiger partial charge in [-0.15, -0.1) is 0 Å². The van der Waals surface area contributed by atoms with E-state index in [0.29, 0.717) is 6.42 Å². The first-order valence-electron chi connectivity index (χ1n) is 9.53. The first-order valence-corrected chi connectivity index (χ1v) is 9.53. The van der Waals surface area contributed by atoms with Crippen LogP contribution in [-0.4, -0.2) is 27.9 Å². The lowest BCUT2D eigenvalue weighted by molar-refractivity contribution is -0.183. The lowest BCUT2D eigenvalue weighted by atomic mass is 9.85. The summed E-state index contributed by atoms with van der Waals surface area (Å²) in [4.78, 5) is 24.8. The maximum absolute atomic E-state index is 13.4. The number of para-hydroxylation sites is 1. The summed E-state index contributed by atoms with van der Waals surface area (Å²) in [7, 11) is 0.